The fourth-order valence-electron chi connectivity index (χ4n) is 3.38. The Labute approximate surface area is 158 Å². The second-order valence-electron chi connectivity index (χ2n) is 6.71. The van der Waals surface area contributed by atoms with Crippen LogP contribution in [0.3, 0.4) is 0 Å². The summed E-state index contributed by atoms with van der Waals surface area (Å²) in [6.07, 6.45) is 13.5. The maximum atomic E-state index is 5.57. The van der Waals surface area contributed by atoms with Crippen LogP contribution in [0.25, 0.3) is 22.7 Å². The molecule has 0 atom stereocenters. The Morgan fingerprint density at radius 2 is 2.00 bits per heavy atom. The van der Waals surface area contributed by atoms with Gasteiger partial charge in [0, 0.05) is 30.7 Å². The van der Waals surface area contributed by atoms with Gasteiger partial charge in [0.25, 0.3) is 0 Å². The van der Waals surface area contributed by atoms with Gasteiger partial charge in [-0.2, -0.15) is 0 Å². The highest BCUT2D eigenvalue weighted by Crippen LogP contribution is 2.29. The van der Waals surface area contributed by atoms with E-state index in [9.17, 15) is 0 Å². The number of likely N-dealkylation sites (tertiary alicyclic amines) is 1. The van der Waals surface area contributed by atoms with Gasteiger partial charge in [0.15, 0.2) is 5.76 Å². The molecule has 1 N–H and O–H groups in total. The first-order chi connectivity index (χ1) is 13.4. The molecule has 3 aromatic heterocycles. The van der Waals surface area contributed by atoms with E-state index in [1.807, 2.05) is 12.1 Å². The van der Waals surface area contributed by atoms with E-state index in [1.165, 1.54) is 32.4 Å². The lowest BCUT2D eigenvalue weighted by molar-refractivity contribution is 0.228. The number of aromatic nitrogens is 4. The summed E-state index contributed by atoms with van der Waals surface area (Å²) in [4.78, 5) is 20.2. The fraction of sp³-hybridized carbons (Fsp3) is 0.400. The highest BCUT2D eigenvalue weighted by molar-refractivity contribution is 5.76. The monoisotopic (exact) mass is 364 g/mol. The lowest BCUT2D eigenvalue weighted by Gasteiger charge is -2.26. The van der Waals surface area contributed by atoms with Gasteiger partial charge in [0.2, 0.25) is 5.95 Å². The van der Waals surface area contributed by atoms with Gasteiger partial charge in [-0.15, -0.1) is 0 Å². The number of rotatable bonds is 7. The number of piperidine rings is 1. The summed E-state index contributed by atoms with van der Waals surface area (Å²) in [5.74, 6) is 1.29. The molecule has 0 amide bonds. The molecular formula is C20H24N6O. The quantitative estimate of drug-likeness (QED) is 0.643. The normalized spacial score (nSPS) is 15.0. The number of nitrogens with one attached hydrogen (secondary N) is 1. The van der Waals surface area contributed by atoms with Crippen LogP contribution in [-0.2, 0) is 0 Å². The molecule has 0 aliphatic carbocycles. The molecule has 0 unspecified atom stereocenters. The van der Waals surface area contributed by atoms with Gasteiger partial charge in [-0.05, 0) is 51.0 Å². The van der Waals surface area contributed by atoms with E-state index in [4.69, 9.17) is 4.42 Å². The SMILES string of the molecule is c1coc(-c2nc(NCCCN3CCCCC3)ncc2-c2cnccn2)c1. The Morgan fingerprint density at radius 1 is 1.07 bits per heavy atom. The minimum absolute atomic E-state index is 0.604. The Bertz CT molecular complexity index is 831. The molecule has 140 valence electrons. The van der Waals surface area contributed by atoms with Gasteiger partial charge in [0.05, 0.1) is 18.2 Å². The molecule has 0 spiro atoms. The van der Waals surface area contributed by atoms with E-state index in [0.29, 0.717) is 17.4 Å². The molecule has 0 aromatic carbocycles. The summed E-state index contributed by atoms with van der Waals surface area (Å²) in [5, 5.41) is 3.34. The largest absolute Gasteiger partial charge is 0.463 e. The molecule has 1 saturated heterocycles. The van der Waals surface area contributed by atoms with Crippen LogP contribution in [-0.4, -0.2) is 51.0 Å². The van der Waals surface area contributed by atoms with Crippen molar-refractivity contribution in [3.8, 4) is 22.7 Å². The van der Waals surface area contributed by atoms with Crippen molar-refractivity contribution in [2.24, 2.45) is 0 Å². The van der Waals surface area contributed by atoms with Gasteiger partial charge in [-0.1, -0.05) is 6.42 Å². The second kappa shape index (κ2) is 8.73. The molecule has 4 heterocycles. The van der Waals surface area contributed by atoms with Crippen LogP contribution in [0.5, 0.6) is 0 Å². The summed E-state index contributed by atoms with van der Waals surface area (Å²) in [6.45, 7) is 4.42. The van der Waals surface area contributed by atoms with Crippen LogP contribution in [0.1, 0.15) is 25.7 Å². The second-order valence-corrected chi connectivity index (χ2v) is 6.71. The van der Waals surface area contributed by atoms with Crippen molar-refractivity contribution < 1.29 is 4.42 Å². The highest BCUT2D eigenvalue weighted by Gasteiger charge is 2.15. The summed E-state index contributed by atoms with van der Waals surface area (Å²) >= 11 is 0. The zero-order valence-corrected chi connectivity index (χ0v) is 15.3. The average Bonchev–Trinajstić information content (AvgIpc) is 3.27. The third-order valence-corrected chi connectivity index (χ3v) is 4.77. The van der Waals surface area contributed by atoms with Gasteiger partial charge in [0.1, 0.15) is 5.69 Å². The first-order valence-electron chi connectivity index (χ1n) is 9.54. The van der Waals surface area contributed by atoms with Crippen LogP contribution in [0.2, 0.25) is 0 Å². The number of hydrogen-bond donors (Lipinski definition) is 1. The molecule has 1 aliphatic heterocycles. The molecule has 27 heavy (non-hydrogen) atoms. The summed E-state index contributed by atoms with van der Waals surface area (Å²) in [6, 6.07) is 3.74. The topological polar surface area (TPSA) is 80.0 Å². The highest BCUT2D eigenvalue weighted by atomic mass is 16.3. The average molecular weight is 364 g/mol. The number of hydrogen-bond acceptors (Lipinski definition) is 7. The molecule has 3 aromatic rings. The maximum Gasteiger partial charge on any atom is 0.223 e. The van der Waals surface area contributed by atoms with Crippen LogP contribution in [0, 0.1) is 0 Å². The van der Waals surface area contributed by atoms with Gasteiger partial charge >= 0.3 is 0 Å². The third kappa shape index (κ3) is 4.49. The Kier molecular flexibility index (Phi) is 5.69. The van der Waals surface area contributed by atoms with Crippen molar-refractivity contribution >= 4 is 5.95 Å². The van der Waals surface area contributed by atoms with Gasteiger partial charge in [-0.3, -0.25) is 9.97 Å². The minimum Gasteiger partial charge on any atom is -0.463 e. The summed E-state index contributed by atoms with van der Waals surface area (Å²) in [5.41, 5.74) is 2.24. The first kappa shape index (κ1) is 17.6. The van der Waals surface area contributed by atoms with Gasteiger partial charge in [-0.25, -0.2) is 9.97 Å². The first-order valence-corrected chi connectivity index (χ1v) is 9.54. The Hall–Kier alpha value is -2.80. The number of anilines is 1. The van der Waals surface area contributed by atoms with E-state index < -0.39 is 0 Å². The standard InChI is InChI=1S/C20H24N6O/c1-2-10-26(11-3-1)12-5-7-23-20-24-14-16(17-15-21-8-9-22-17)19(25-20)18-6-4-13-27-18/h4,6,8-9,13-15H,1-3,5,7,10-12H2,(H,23,24,25). The summed E-state index contributed by atoms with van der Waals surface area (Å²) < 4.78 is 5.57. The van der Waals surface area contributed by atoms with Crippen LogP contribution < -0.4 is 5.32 Å². The van der Waals surface area contributed by atoms with E-state index >= 15 is 0 Å². The third-order valence-electron chi connectivity index (χ3n) is 4.77. The van der Waals surface area contributed by atoms with Crippen LogP contribution >= 0.6 is 0 Å². The molecular weight excluding hydrogens is 340 g/mol. The van der Waals surface area contributed by atoms with Crippen molar-refractivity contribution in [1.82, 2.24) is 24.8 Å². The van der Waals surface area contributed by atoms with Crippen LogP contribution in [0.4, 0.5) is 5.95 Å². The molecule has 7 nitrogen and oxygen atoms in total. The Morgan fingerprint density at radius 3 is 2.78 bits per heavy atom. The fourth-order valence-corrected chi connectivity index (χ4v) is 3.38. The lowest BCUT2D eigenvalue weighted by atomic mass is 10.1. The van der Waals surface area contributed by atoms with Gasteiger partial charge < -0.3 is 14.6 Å². The van der Waals surface area contributed by atoms with Crippen molar-refractivity contribution in [1.29, 1.82) is 0 Å². The zero-order valence-electron chi connectivity index (χ0n) is 15.3. The zero-order chi connectivity index (χ0) is 18.3. The predicted octanol–water partition coefficient (Wildman–Crippen LogP) is 3.48. The van der Waals surface area contributed by atoms with E-state index in [-0.39, 0.29) is 0 Å². The molecule has 0 saturated carbocycles. The molecule has 4 rings (SSSR count). The molecule has 7 heteroatoms. The smallest absolute Gasteiger partial charge is 0.223 e. The number of nitrogens with zero attached hydrogens (tertiary/aromatic N) is 5. The van der Waals surface area contributed by atoms with Crippen molar-refractivity contribution in [3.63, 3.8) is 0 Å². The van der Waals surface area contributed by atoms with Crippen molar-refractivity contribution in [3.05, 3.63) is 43.2 Å². The number of furan rings is 1. The maximum absolute atomic E-state index is 5.57. The summed E-state index contributed by atoms with van der Waals surface area (Å²) in [7, 11) is 0. The van der Waals surface area contributed by atoms with E-state index in [0.717, 1.165) is 30.8 Å². The van der Waals surface area contributed by atoms with Crippen molar-refractivity contribution in [2.45, 2.75) is 25.7 Å². The molecule has 0 bridgehead atoms. The van der Waals surface area contributed by atoms with Crippen LogP contribution in [0.15, 0.2) is 47.6 Å². The van der Waals surface area contributed by atoms with E-state index in [1.54, 1.807) is 31.1 Å². The van der Waals surface area contributed by atoms with Crippen molar-refractivity contribution in [2.75, 3.05) is 31.5 Å². The molecule has 0 radical (unpaired) electrons. The molecule has 1 fully saturated rings. The lowest BCUT2D eigenvalue weighted by Crippen LogP contribution is -2.31. The van der Waals surface area contributed by atoms with E-state index in [2.05, 4.69) is 30.2 Å². The Balaban J connectivity index is 1.45. The minimum atomic E-state index is 0.604. The molecule has 1 aliphatic rings. The predicted molar refractivity (Wildman–Crippen MR) is 104 cm³/mol.